The first-order chi connectivity index (χ1) is 21.8. The Hall–Kier alpha value is -5.93. The number of hydrogen-bond donors (Lipinski definition) is 0. The number of benzene rings is 7. The summed E-state index contributed by atoms with van der Waals surface area (Å²) in [5, 5.41) is 8.62. The van der Waals surface area contributed by atoms with Gasteiger partial charge in [0.1, 0.15) is 11.1 Å². The lowest BCUT2D eigenvalue weighted by Gasteiger charge is -2.26. The first-order valence-electron chi connectivity index (χ1n) is 14.9. The van der Waals surface area contributed by atoms with Crippen molar-refractivity contribution in [3.63, 3.8) is 0 Å². The molecule has 0 saturated carbocycles. The fourth-order valence-corrected chi connectivity index (χ4v) is 6.61. The van der Waals surface area contributed by atoms with Crippen LogP contribution in [0.4, 0.5) is 17.1 Å². The molecule has 0 atom stereocenters. The number of para-hydroxylation sites is 2. The fraction of sp³-hybridized carbons (Fsp3) is 0. The van der Waals surface area contributed by atoms with Crippen molar-refractivity contribution < 1.29 is 4.42 Å². The number of aromatic nitrogens is 1. The first-order valence-corrected chi connectivity index (χ1v) is 14.9. The van der Waals surface area contributed by atoms with Crippen molar-refractivity contribution in [2.45, 2.75) is 0 Å². The molecule has 9 aromatic rings. The SMILES string of the molecule is c1ccc(N(c2ccc(-c3ccnc4c3oc3ccccc34)cc2)c2ccc3c(ccc4ccc5ccccc5c43)c2)cc1. The number of furan rings is 1. The third-order valence-electron chi connectivity index (χ3n) is 8.68. The Morgan fingerprint density at radius 3 is 2.00 bits per heavy atom. The molecule has 0 spiro atoms. The Morgan fingerprint density at radius 2 is 1.14 bits per heavy atom. The highest BCUT2D eigenvalue weighted by atomic mass is 16.3. The molecule has 3 nitrogen and oxygen atoms in total. The number of hydrogen-bond acceptors (Lipinski definition) is 3. The molecule has 0 aliphatic rings. The maximum Gasteiger partial charge on any atom is 0.161 e. The Bertz CT molecular complexity index is 2490. The zero-order valence-corrected chi connectivity index (χ0v) is 23.8. The average Bonchev–Trinajstić information content (AvgIpc) is 3.48. The van der Waals surface area contributed by atoms with E-state index in [-0.39, 0.29) is 0 Å². The van der Waals surface area contributed by atoms with Crippen LogP contribution < -0.4 is 4.90 Å². The molecule has 0 amide bonds. The lowest BCUT2D eigenvalue weighted by Crippen LogP contribution is -2.09. The van der Waals surface area contributed by atoms with Gasteiger partial charge in [-0.1, -0.05) is 97.1 Å². The summed E-state index contributed by atoms with van der Waals surface area (Å²) in [7, 11) is 0. The van der Waals surface area contributed by atoms with E-state index in [9.17, 15) is 0 Å². The van der Waals surface area contributed by atoms with Crippen LogP contribution >= 0.6 is 0 Å². The Kier molecular flexibility index (Phi) is 5.50. The van der Waals surface area contributed by atoms with Gasteiger partial charge in [0.25, 0.3) is 0 Å². The third-order valence-corrected chi connectivity index (χ3v) is 8.68. The van der Waals surface area contributed by atoms with Crippen LogP contribution in [0.1, 0.15) is 0 Å². The van der Waals surface area contributed by atoms with Crippen LogP contribution in [-0.4, -0.2) is 4.98 Å². The number of fused-ring (bicyclic) bond motifs is 8. The summed E-state index contributed by atoms with van der Waals surface area (Å²) in [5.41, 5.74) is 7.99. The zero-order chi connectivity index (χ0) is 29.0. The lowest BCUT2D eigenvalue weighted by atomic mass is 9.96. The monoisotopic (exact) mass is 562 g/mol. The molecule has 3 heteroatoms. The molecule has 0 bridgehead atoms. The third kappa shape index (κ3) is 3.87. The highest BCUT2D eigenvalue weighted by Gasteiger charge is 2.16. The number of nitrogens with zero attached hydrogens (tertiary/aromatic N) is 2. The summed E-state index contributed by atoms with van der Waals surface area (Å²) in [6, 6.07) is 53.8. The second kappa shape index (κ2) is 9.82. The smallest absolute Gasteiger partial charge is 0.161 e. The van der Waals surface area contributed by atoms with Crippen LogP contribution in [0.3, 0.4) is 0 Å². The maximum atomic E-state index is 6.28. The van der Waals surface area contributed by atoms with Gasteiger partial charge in [-0.2, -0.15) is 0 Å². The molecule has 2 heterocycles. The van der Waals surface area contributed by atoms with Gasteiger partial charge >= 0.3 is 0 Å². The molecular weight excluding hydrogens is 536 g/mol. The number of rotatable bonds is 4. The topological polar surface area (TPSA) is 29.3 Å². The van der Waals surface area contributed by atoms with E-state index in [0.29, 0.717) is 0 Å². The van der Waals surface area contributed by atoms with E-state index < -0.39 is 0 Å². The maximum absolute atomic E-state index is 6.28. The number of pyridine rings is 1. The molecular formula is C41H26N2O. The predicted molar refractivity (Wildman–Crippen MR) is 184 cm³/mol. The quantitative estimate of drug-likeness (QED) is 0.200. The van der Waals surface area contributed by atoms with Crippen molar-refractivity contribution in [1.82, 2.24) is 4.98 Å². The van der Waals surface area contributed by atoms with Gasteiger partial charge in [-0.25, -0.2) is 0 Å². The summed E-state index contributed by atoms with van der Waals surface area (Å²) in [4.78, 5) is 6.96. The predicted octanol–water partition coefficient (Wildman–Crippen LogP) is 11.6. The average molecular weight is 563 g/mol. The molecule has 0 aliphatic heterocycles. The van der Waals surface area contributed by atoms with Gasteiger partial charge in [0.05, 0.1) is 0 Å². The van der Waals surface area contributed by atoms with Crippen LogP contribution in [-0.2, 0) is 0 Å². The Labute approximate surface area is 254 Å². The van der Waals surface area contributed by atoms with Crippen LogP contribution in [0.25, 0.3) is 65.5 Å². The first kappa shape index (κ1) is 24.6. The van der Waals surface area contributed by atoms with E-state index in [1.54, 1.807) is 0 Å². The van der Waals surface area contributed by atoms with Crippen LogP contribution in [0.5, 0.6) is 0 Å². The summed E-state index contributed by atoms with van der Waals surface area (Å²) >= 11 is 0. The molecule has 2 aromatic heterocycles. The lowest BCUT2D eigenvalue weighted by molar-refractivity contribution is 0.669. The standard InChI is InChI=1S/C41H26N2O/c1-2-9-31(10-3-1)43(33-22-23-35-30(26-33)17-16-29-15-14-27-8-4-5-11-34(27)39(29)35)32-20-18-28(19-21-32)36-24-25-42-40-37-12-6-7-13-38(37)44-41(36)40/h1-26H. The van der Waals surface area contributed by atoms with Crippen molar-refractivity contribution in [1.29, 1.82) is 0 Å². The molecule has 7 aromatic carbocycles. The van der Waals surface area contributed by atoms with E-state index >= 15 is 0 Å². The highest BCUT2D eigenvalue weighted by molar-refractivity contribution is 6.20. The Balaban J connectivity index is 1.18. The van der Waals surface area contributed by atoms with E-state index in [1.165, 1.54) is 32.3 Å². The van der Waals surface area contributed by atoms with Crippen molar-refractivity contribution in [3.8, 4) is 11.1 Å². The van der Waals surface area contributed by atoms with Gasteiger partial charge < -0.3 is 9.32 Å². The van der Waals surface area contributed by atoms with Crippen molar-refractivity contribution in [2.24, 2.45) is 0 Å². The molecule has 0 N–H and O–H groups in total. The second-order valence-electron chi connectivity index (χ2n) is 11.2. The normalized spacial score (nSPS) is 11.6. The van der Waals surface area contributed by atoms with Gasteiger partial charge in [0.2, 0.25) is 0 Å². The summed E-state index contributed by atoms with van der Waals surface area (Å²) in [6.07, 6.45) is 1.87. The van der Waals surface area contributed by atoms with Crippen molar-refractivity contribution in [3.05, 3.63) is 158 Å². The fourth-order valence-electron chi connectivity index (χ4n) is 6.61. The van der Waals surface area contributed by atoms with Crippen LogP contribution in [0.15, 0.2) is 162 Å². The second-order valence-corrected chi connectivity index (χ2v) is 11.2. The minimum atomic E-state index is 0.815. The minimum absolute atomic E-state index is 0.815. The van der Waals surface area contributed by atoms with Crippen LogP contribution in [0.2, 0.25) is 0 Å². The number of anilines is 3. The molecule has 9 rings (SSSR count). The van der Waals surface area contributed by atoms with Gasteiger partial charge in [-0.3, -0.25) is 4.98 Å². The Morgan fingerprint density at radius 1 is 0.477 bits per heavy atom. The van der Waals surface area contributed by atoms with E-state index in [4.69, 9.17) is 4.42 Å². The summed E-state index contributed by atoms with van der Waals surface area (Å²) in [5.74, 6) is 0. The highest BCUT2D eigenvalue weighted by Crippen LogP contribution is 2.40. The van der Waals surface area contributed by atoms with Crippen molar-refractivity contribution >= 4 is 71.4 Å². The largest absolute Gasteiger partial charge is 0.454 e. The molecule has 0 unspecified atom stereocenters. The van der Waals surface area contributed by atoms with E-state index in [2.05, 4.69) is 137 Å². The molecule has 44 heavy (non-hydrogen) atoms. The minimum Gasteiger partial charge on any atom is -0.454 e. The zero-order valence-electron chi connectivity index (χ0n) is 23.8. The van der Waals surface area contributed by atoms with Gasteiger partial charge in [-0.05, 0) is 92.5 Å². The van der Waals surface area contributed by atoms with E-state index in [1.807, 2.05) is 30.5 Å². The van der Waals surface area contributed by atoms with Crippen molar-refractivity contribution in [2.75, 3.05) is 4.90 Å². The molecule has 0 saturated heterocycles. The van der Waals surface area contributed by atoms with Gasteiger partial charge in [-0.15, -0.1) is 0 Å². The van der Waals surface area contributed by atoms with E-state index in [0.717, 1.165) is 50.3 Å². The van der Waals surface area contributed by atoms with Gasteiger partial charge in [0, 0.05) is 34.2 Å². The molecule has 0 fully saturated rings. The molecule has 0 aliphatic carbocycles. The summed E-state index contributed by atoms with van der Waals surface area (Å²) < 4.78 is 6.28. The molecule has 206 valence electrons. The van der Waals surface area contributed by atoms with Crippen LogP contribution in [0, 0.1) is 0 Å². The summed E-state index contributed by atoms with van der Waals surface area (Å²) in [6.45, 7) is 0. The van der Waals surface area contributed by atoms with Gasteiger partial charge in [0.15, 0.2) is 5.58 Å². The molecule has 0 radical (unpaired) electrons.